The Kier molecular flexibility index (Phi) is 8.66. The number of hydrogen-bond acceptors (Lipinski definition) is 9. The first-order valence-corrected chi connectivity index (χ1v) is 15.7. The number of ether oxygens (including phenoxy) is 1. The highest BCUT2D eigenvalue weighted by atomic mass is 35.5. The van der Waals surface area contributed by atoms with Crippen molar-refractivity contribution in [1.82, 2.24) is 9.47 Å². The average molecular weight is 644 g/mol. The van der Waals surface area contributed by atoms with E-state index in [-0.39, 0.29) is 23.4 Å². The predicted molar refractivity (Wildman–Crippen MR) is 175 cm³/mol. The molecule has 2 aliphatic heterocycles. The zero-order chi connectivity index (χ0) is 31.7. The summed E-state index contributed by atoms with van der Waals surface area (Å²) in [4.78, 5) is 48.9. The number of nitro groups is 1. The van der Waals surface area contributed by atoms with Crippen molar-refractivity contribution in [2.24, 2.45) is 4.99 Å². The number of fused-ring (bicyclic) bond motifs is 1. The van der Waals surface area contributed by atoms with E-state index >= 15 is 0 Å². The third-order valence-corrected chi connectivity index (χ3v) is 9.15. The molecule has 1 unspecified atom stereocenters. The molecule has 0 saturated carbocycles. The number of carbonyl (C=O) groups is 1. The molecule has 12 heteroatoms. The number of rotatable bonds is 7. The summed E-state index contributed by atoms with van der Waals surface area (Å²) in [5.41, 5.74) is 2.94. The van der Waals surface area contributed by atoms with Gasteiger partial charge < -0.3 is 14.5 Å². The topological polar surface area (TPSA) is 110 Å². The number of nitrogens with zero attached hydrogens (tertiary/aromatic N) is 5. The summed E-state index contributed by atoms with van der Waals surface area (Å²) in [5, 5.41) is 12.3. The molecule has 3 aromatic carbocycles. The Labute approximate surface area is 267 Å². The molecule has 1 fully saturated rings. The third kappa shape index (κ3) is 6.06. The quantitative estimate of drug-likeness (QED) is 0.168. The maximum atomic E-state index is 14.3. The maximum Gasteiger partial charge on any atom is 0.338 e. The molecule has 6 rings (SSSR count). The Morgan fingerprint density at radius 1 is 1.09 bits per heavy atom. The number of halogens is 1. The van der Waals surface area contributed by atoms with Crippen LogP contribution in [-0.4, -0.2) is 60.2 Å². The van der Waals surface area contributed by atoms with E-state index in [4.69, 9.17) is 21.3 Å². The van der Waals surface area contributed by atoms with Gasteiger partial charge in [0.15, 0.2) is 4.80 Å². The predicted octanol–water partition coefficient (Wildman–Crippen LogP) is 4.25. The Bertz CT molecular complexity index is 1980. The van der Waals surface area contributed by atoms with Crippen molar-refractivity contribution < 1.29 is 14.5 Å². The minimum atomic E-state index is -0.850. The number of non-ortho nitro benzene ring substituents is 1. The van der Waals surface area contributed by atoms with Crippen molar-refractivity contribution in [3.8, 4) is 0 Å². The van der Waals surface area contributed by atoms with Gasteiger partial charge in [-0.15, -0.1) is 0 Å². The lowest BCUT2D eigenvalue weighted by atomic mass is 9.93. The molecule has 1 atom stereocenters. The molecule has 0 N–H and O–H groups in total. The van der Waals surface area contributed by atoms with Gasteiger partial charge in [0.2, 0.25) is 0 Å². The van der Waals surface area contributed by atoms with Crippen LogP contribution in [0.3, 0.4) is 0 Å². The highest BCUT2D eigenvalue weighted by Gasteiger charge is 2.35. The van der Waals surface area contributed by atoms with Crippen molar-refractivity contribution in [3.05, 3.63) is 130 Å². The molecule has 1 aromatic heterocycles. The molecule has 230 valence electrons. The van der Waals surface area contributed by atoms with Crippen molar-refractivity contribution in [2.75, 3.05) is 44.7 Å². The number of benzene rings is 3. The molecule has 1 saturated heterocycles. The highest BCUT2D eigenvalue weighted by molar-refractivity contribution is 7.07. The minimum absolute atomic E-state index is 0.0677. The smallest absolute Gasteiger partial charge is 0.338 e. The Hall–Kier alpha value is -4.58. The second-order valence-electron chi connectivity index (χ2n) is 10.8. The molecule has 2 aliphatic rings. The van der Waals surface area contributed by atoms with E-state index in [2.05, 4.69) is 16.8 Å². The number of carbonyl (C=O) groups excluding carboxylic acids is 1. The molecule has 0 radical (unpaired) electrons. The normalized spacial score (nSPS) is 17.2. The number of nitro benzene ring substituents is 1. The van der Waals surface area contributed by atoms with Gasteiger partial charge >= 0.3 is 5.97 Å². The molecule has 0 amide bonds. The standard InChI is InChI=1S/C33H30ClN5O5S/c1-3-44-32(41)28-29(21-7-5-4-6-8-21)35-33-38(30(28)22-9-11-24(34)12-10-22)31(40)27(45-33)20-23-19-25(39(42)43)13-14-26(23)37-17-15-36(2)16-18-37/h4-14,19-20,30H,3,15-18H2,1-2H3/b27-20-. The lowest BCUT2D eigenvalue weighted by Crippen LogP contribution is -2.44. The Morgan fingerprint density at radius 3 is 2.47 bits per heavy atom. The SMILES string of the molecule is CCOC(=O)C1=C(c2ccccc2)N=c2s/c(=C\c3cc([N+](=O)[O-])ccc3N3CCN(C)CC3)c(=O)n2C1c1ccc(Cl)cc1. The number of aromatic nitrogens is 1. The van der Waals surface area contributed by atoms with E-state index in [1.807, 2.05) is 30.3 Å². The summed E-state index contributed by atoms with van der Waals surface area (Å²) < 4.78 is 7.36. The van der Waals surface area contributed by atoms with Gasteiger partial charge in [0.1, 0.15) is 0 Å². The van der Waals surface area contributed by atoms with Crippen LogP contribution < -0.4 is 19.8 Å². The number of hydrogen-bond donors (Lipinski definition) is 0. The van der Waals surface area contributed by atoms with Crippen LogP contribution >= 0.6 is 22.9 Å². The second-order valence-corrected chi connectivity index (χ2v) is 12.2. The fourth-order valence-electron chi connectivity index (χ4n) is 5.65. The molecule has 0 aliphatic carbocycles. The first-order chi connectivity index (χ1) is 21.7. The van der Waals surface area contributed by atoms with Crippen LogP contribution in [0.5, 0.6) is 0 Å². The largest absolute Gasteiger partial charge is 0.463 e. The van der Waals surface area contributed by atoms with Gasteiger partial charge in [0, 0.05) is 60.1 Å². The minimum Gasteiger partial charge on any atom is -0.463 e. The fraction of sp³-hybridized carbons (Fsp3) is 0.242. The number of thiazole rings is 1. The molecule has 0 spiro atoms. The van der Waals surface area contributed by atoms with E-state index in [9.17, 15) is 19.7 Å². The summed E-state index contributed by atoms with van der Waals surface area (Å²) in [6.07, 6.45) is 1.69. The van der Waals surface area contributed by atoms with Crippen LogP contribution in [-0.2, 0) is 9.53 Å². The summed E-state index contributed by atoms with van der Waals surface area (Å²) in [6.45, 7) is 5.05. The summed E-state index contributed by atoms with van der Waals surface area (Å²) in [7, 11) is 2.06. The van der Waals surface area contributed by atoms with Gasteiger partial charge in [0.25, 0.3) is 11.2 Å². The third-order valence-electron chi connectivity index (χ3n) is 7.91. The molecule has 0 bridgehead atoms. The molecule has 10 nitrogen and oxygen atoms in total. The lowest BCUT2D eigenvalue weighted by molar-refractivity contribution is -0.384. The Morgan fingerprint density at radius 2 is 1.80 bits per heavy atom. The number of esters is 1. The van der Waals surface area contributed by atoms with E-state index in [1.54, 1.807) is 43.3 Å². The molecule has 4 aromatic rings. The summed E-state index contributed by atoms with van der Waals surface area (Å²) in [6, 6.07) is 20.2. The van der Waals surface area contributed by atoms with Gasteiger partial charge in [-0.2, -0.15) is 0 Å². The summed E-state index contributed by atoms with van der Waals surface area (Å²) >= 11 is 7.40. The van der Waals surface area contributed by atoms with Gasteiger partial charge in [-0.05, 0) is 43.8 Å². The van der Waals surface area contributed by atoms with Gasteiger partial charge in [-0.3, -0.25) is 19.5 Å². The molecular weight excluding hydrogens is 614 g/mol. The van der Waals surface area contributed by atoms with Crippen LogP contribution in [0.1, 0.15) is 29.7 Å². The van der Waals surface area contributed by atoms with Crippen molar-refractivity contribution >= 4 is 52.1 Å². The van der Waals surface area contributed by atoms with Crippen molar-refractivity contribution in [1.29, 1.82) is 0 Å². The number of likely N-dealkylation sites (N-methyl/N-ethyl adjacent to an activating group) is 1. The second kappa shape index (κ2) is 12.8. The number of piperazine rings is 1. The molecule has 45 heavy (non-hydrogen) atoms. The molecule has 3 heterocycles. The first kappa shape index (κ1) is 30.4. The van der Waals surface area contributed by atoms with Crippen molar-refractivity contribution in [3.63, 3.8) is 0 Å². The monoisotopic (exact) mass is 643 g/mol. The van der Waals surface area contributed by atoms with Crippen LogP contribution in [0.2, 0.25) is 5.02 Å². The zero-order valence-electron chi connectivity index (χ0n) is 24.7. The van der Waals surface area contributed by atoms with Crippen LogP contribution in [0, 0.1) is 10.1 Å². The first-order valence-electron chi connectivity index (χ1n) is 14.5. The molecular formula is C33H30ClN5O5S. The van der Waals surface area contributed by atoms with Crippen LogP contribution in [0.25, 0.3) is 11.8 Å². The van der Waals surface area contributed by atoms with E-state index < -0.39 is 16.9 Å². The van der Waals surface area contributed by atoms with E-state index in [0.717, 1.165) is 31.9 Å². The maximum absolute atomic E-state index is 14.3. The van der Waals surface area contributed by atoms with Gasteiger partial charge in [-0.25, -0.2) is 9.79 Å². The van der Waals surface area contributed by atoms with Gasteiger partial charge in [0.05, 0.1) is 33.4 Å². The zero-order valence-corrected chi connectivity index (χ0v) is 26.3. The van der Waals surface area contributed by atoms with Gasteiger partial charge in [-0.1, -0.05) is 65.4 Å². The average Bonchev–Trinajstić information content (AvgIpc) is 3.35. The summed E-state index contributed by atoms with van der Waals surface area (Å²) in [5.74, 6) is -0.578. The lowest BCUT2D eigenvalue weighted by Gasteiger charge is -2.34. The van der Waals surface area contributed by atoms with E-state index in [0.29, 0.717) is 36.7 Å². The highest BCUT2D eigenvalue weighted by Crippen LogP contribution is 2.35. The van der Waals surface area contributed by atoms with E-state index in [1.165, 1.54) is 28.0 Å². The van der Waals surface area contributed by atoms with Crippen LogP contribution in [0.15, 0.2) is 88.2 Å². The fourth-order valence-corrected chi connectivity index (χ4v) is 6.77. The Balaban J connectivity index is 1.60. The number of anilines is 1. The van der Waals surface area contributed by atoms with Crippen molar-refractivity contribution in [2.45, 2.75) is 13.0 Å². The van der Waals surface area contributed by atoms with Crippen LogP contribution in [0.4, 0.5) is 11.4 Å².